The molecule has 1 aliphatic rings. The van der Waals surface area contributed by atoms with Crippen LogP contribution in [0, 0.1) is 0 Å². The first-order valence-electron chi connectivity index (χ1n) is 22.9. The monoisotopic (exact) mass is 856 g/mol. The Morgan fingerprint density at radius 3 is 1.79 bits per heavy atom. The summed E-state index contributed by atoms with van der Waals surface area (Å²) in [5.74, 6) is 1.69. The SMILES string of the molecule is CC1(C)c2ccccc2-c2ccc(-c3cccc(-c4cccc5c6c7ccccc7c7ccccc7c6n(-c6nc(-c7ccccc7)nc(-c7ccc8c(c7)oc7ccccc78)n6)c45)c3)cc21. The van der Waals surface area contributed by atoms with Gasteiger partial charge in [0.1, 0.15) is 11.2 Å². The van der Waals surface area contributed by atoms with Crippen LogP contribution in [0.2, 0.25) is 0 Å². The van der Waals surface area contributed by atoms with Gasteiger partial charge in [-0.05, 0) is 85.4 Å². The van der Waals surface area contributed by atoms with E-state index in [1.165, 1.54) is 44.0 Å². The molecule has 1 aliphatic carbocycles. The predicted molar refractivity (Wildman–Crippen MR) is 276 cm³/mol. The molecule has 3 aromatic heterocycles. The molecule has 13 aromatic rings. The zero-order valence-electron chi connectivity index (χ0n) is 36.8. The fourth-order valence-corrected chi connectivity index (χ4v) is 11.1. The van der Waals surface area contributed by atoms with E-state index < -0.39 is 0 Å². The predicted octanol–water partition coefficient (Wildman–Crippen LogP) is 16.1. The van der Waals surface area contributed by atoms with Crippen LogP contribution in [0.25, 0.3) is 127 Å². The van der Waals surface area contributed by atoms with Gasteiger partial charge in [0, 0.05) is 49.0 Å². The molecule has 0 saturated carbocycles. The third kappa shape index (κ3) is 5.58. The first-order chi connectivity index (χ1) is 33.0. The van der Waals surface area contributed by atoms with Crippen LogP contribution < -0.4 is 0 Å². The first-order valence-corrected chi connectivity index (χ1v) is 22.9. The summed E-state index contributed by atoms with van der Waals surface area (Å²) in [5, 5.41) is 9.11. The largest absolute Gasteiger partial charge is 0.456 e. The number of benzene rings is 10. The maximum absolute atomic E-state index is 6.41. The number of rotatable bonds is 5. The molecule has 0 fully saturated rings. The average molecular weight is 857 g/mol. The molecule has 10 aromatic carbocycles. The van der Waals surface area contributed by atoms with Gasteiger partial charge in [-0.1, -0.05) is 190 Å². The fraction of sp³-hybridized carbons (Fsp3) is 0.0484. The second kappa shape index (κ2) is 14.2. The van der Waals surface area contributed by atoms with Crippen molar-refractivity contribution in [2.75, 3.05) is 0 Å². The maximum Gasteiger partial charge on any atom is 0.238 e. The maximum atomic E-state index is 6.41. The summed E-state index contributed by atoms with van der Waals surface area (Å²) in [6, 6.07) is 73.8. The van der Waals surface area contributed by atoms with Crippen molar-refractivity contribution < 1.29 is 4.42 Å². The molecule has 5 nitrogen and oxygen atoms in total. The lowest BCUT2D eigenvalue weighted by atomic mass is 9.81. The number of aromatic nitrogens is 4. The summed E-state index contributed by atoms with van der Waals surface area (Å²) in [7, 11) is 0. The van der Waals surface area contributed by atoms with Crippen molar-refractivity contribution in [2.45, 2.75) is 19.3 Å². The molecule has 5 heteroatoms. The molecule has 314 valence electrons. The van der Waals surface area contributed by atoms with Crippen LogP contribution in [0.4, 0.5) is 0 Å². The van der Waals surface area contributed by atoms with Crippen molar-refractivity contribution in [3.63, 3.8) is 0 Å². The molecular weight excluding hydrogens is 817 g/mol. The molecule has 0 aliphatic heterocycles. The average Bonchev–Trinajstić information content (AvgIpc) is 4.02. The number of furan rings is 1. The standard InChI is InChI=1S/C62H40N4O/c1-62(2)52-28-12-10-22-45(52)46-32-30-39(35-53(46)62)38-18-14-19-40(34-38)42-26-15-27-51-56-49-24-8-6-20-43(49)44-21-7-9-25-50(44)58(56)66(57(42)51)61-64-59(37-16-4-3-5-17-37)63-60(65-61)41-31-33-48-47-23-11-13-29-54(47)67-55(48)36-41/h3-36H,1-2H3. The quantitative estimate of drug-likeness (QED) is 0.162. The Kier molecular flexibility index (Phi) is 7.97. The molecular formula is C62H40N4O. The van der Waals surface area contributed by atoms with E-state index in [0.29, 0.717) is 17.6 Å². The second-order valence-corrected chi connectivity index (χ2v) is 18.3. The van der Waals surface area contributed by atoms with Gasteiger partial charge < -0.3 is 4.42 Å². The lowest BCUT2D eigenvalue weighted by Gasteiger charge is -2.22. The Labute approximate surface area is 386 Å². The molecule has 0 spiro atoms. The number of fused-ring (bicyclic) bond motifs is 14. The minimum atomic E-state index is -0.0998. The van der Waals surface area contributed by atoms with Crippen molar-refractivity contribution in [1.82, 2.24) is 19.5 Å². The molecule has 0 atom stereocenters. The number of hydrogen-bond acceptors (Lipinski definition) is 4. The van der Waals surface area contributed by atoms with Crippen LogP contribution in [0.5, 0.6) is 0 Å². The molecule has 0 saturated heterocycles. The summed E-state index contributed by atoms with van der Waals surface area (Å²) < 4.78 is 8.73. The van der Waals surface area contributed by atoms with E-state index in [2.05, 4.69) is 188 Å². The van der Waals surface area contributed by atoms with E-state index in [0.717, 1.165) is 76.9 Å². The highest BCUT2D eigenvalue weighted by Crippen LogP contribution is 2.50. The first kappa shape index (κ1) is 37.7. The van der Waals surface area contributed by atoms with Gasteiger partial charge in [0.15, 0.2) is 11.6 Å². The van der Waals surface area contributed by atoms with Crippen LogP contribution in [0.1, 0.15) is 25.0 Å². The summed E-state index contributed by atoms with van der Waals surface area (Å²) in [4.78, 5) is 16.1. The van der Waals surface area contributed by atoms with E-state index in [1.54, 1.807) is 0 Å². The van der Waals surface area contributed by atoms with Crippen molar-refractivity contribution >= 4 is 65.3 Å². The zero-order chi connectivity index (χ0) is 44.4. The Morgan fingerprint density at radius 2 is 0.940 bits per heavy atom. The molecule has 0 amide bonds. The summed E-state index contributed by atoms with van der Waals surface area (Å²) in [6.07, 6.45) is 0. The van der Waals surface area contributed by atoms with Gasteiger partial charge in [-0.2, -0.15) is 9.97 Å². The van der Waals surface area contributed by atoms with Gasteiger partial charge >= 0.3 is 0 Å². The Balaban J connectivity index is 1.05. The van der Waals surface area contributed by atoms with E-state index in [-0.39, 0.29) is 5.41 Å². The molecule has 3 heterocycles. The molecule has 0 N–H and O–H groups in total. The van der Waals surface area contributed by atoms with Crippen LogP contribution in [0.3, 0.4) is 0 Å². The van der Waals surface area contributed by atoms with Crippen molar-refractivity contribution in [3.05, 3.63) is 217 Å². The van der Waals surface area contributed by atoms with Crippen LogP contribution in [0.15, 0.2) is 211 Å². The lowest BCUT2D eigenvalue weighted by molar-refractivity contribution is 0.660. The van der Waals surface area contributed by atoms with Crippen molar-refractivity contribution in [2.24, 2.45) is 0 Å². The second-order valence-electron chi connectivity index (χ2n) is 18.3. The number of para-hydroxylation sites is 2. The van der Waals surface area contributed by atoms with E-state index in [9.17, 15) is 0 Å². The Bertz CT molecular complexity index is 4200. The summed E-state index contributed by atoms with van der Waals surface area (Å²) in [6.45, 7) is 4.69. The van der Waals surface area contributed by atoms with Crippen molar-refractivity contribution in [1.29, 1.82) is 0 Å². The normalized spacial score (nSPS) is 13.0. The van der Waals surface area contributed by atoms with E-state index in [4.69, 9.17) is 19.4 Å². The van der Waals surface area contributed by atoms with Gasteiger partial charge in [-0.25, -0.2) is 4.98 Å². The summed E-state index contributed by atoms with van der Waals surface area (Å²) in [5.41, 5.74) is 15.3. The minimum absolute atomic E-state index is 0.0998. The molecule has 14 rings (SSSR count). The smallest absolute Gasteiger partial charge is 0.238 e. The van der Waals surface area contributed by atoms with E-state index >= 15 is 0 Å². The lowest BCUT2D eigenvalue weighted by Crippen LogP contribution is -2.14. The van der Waals surface area contributed by atoms with Crippen LogP contribution in [-0.2, 0) is 5.41 Å². The zero-order valence-corrected chi connectivity index (χ0v) is 36.8. The highest BCUT2D eigenvalue weighted by molar-refractivity contribution is 6.33. The fourth-order valence-electron chi connectivity index (χ4n) is 11.1. The van der Waals surface area contributed by atoms with Crippen LogP contribution in [-0.4, -0.2) is 19.5 Å². The third-order valence-corrected chi connectivity index (χ3v) is 14.2. The van der Waals surface area contributed by atoms with Crippen LogP contribution >= 0.6 is 0 Å². The highest BCUT2D eigenvalue weighted by Gasteiger charge is 2.35. The van der Waals surface area contributed by atoms with Gasteiger partial charge in [0.05, 0.1) is 11.0 Å². The number of nitrogens with zero attached hydrogens (tertiary/aromatic N) is 4. The molecule has 67 heavy (non-hydrogen) atoms. The number of hydrogen-bond donors (Lipinski definition) is 0. The Morgan fingerprint density at radius 1 is 0.358 bits per heavy atom. The van der Waals surface area contributed by atoms with E-state index in [1.807, 2.05) is 36.4 Å². The topological polar surface area (TPSA) is 56.7 Å². The van der Waals surface area contributed by atoms with Gasteiger partial charge in [-0.3, -0.25) is 4.57 Å². The van der Waals surface area contributed by atoms with Gasteiger partial charge in [-0.15, -0.1) is 0 Å². The molecule has 0 radical (unpaired) electrons. The third-order valence-electron chi connectivity index (χ3n) is 14.2. The molecule has 0 bridgehead atoms. The highest BCUT2D eigenvalue weighted by atomic mass is 16.3. The Hall–Kier alpha value is -8.67. The van der Waals surface area contributed by atoms with Gasteiger partial charge in [0.2, 0.25) is 5.95 Å². The van der Waals surface area contributed by atoms with Gasteiger partial charge in [0.25, 0.3) is 0 Å². The van der Waals surface area contributed by atoms with Crippen molar-refractivity contribution in [3.8, 4) is 62.1 Å². The summed E-state index contributed by atoms with van der Waals surface area (Å²) >= 11 is 0. The minimum Gasteiger partial charge on any atom is -0.456 e. The molecule has 0 unspecified atom stereocenters.